The third-order valence-corrected chi connectivity index (χ3v) is 4.62. The molecule has 0 radical (unpaired) electrons. The summed E-state index contributed by atoms with van der Waals surface area (Å²) in [4.78, 5) is 2.33. The maximum absolute atomic E-state index is 7.86. The highest BCUT2D eigenvalue weighted by Gasteiger charge is 2.19. The van der Waals surface area contributed by atoms with Crippen molar-refractivity contribution in [2.75, 3.05) is 11.4 Å². The van der Waals surface area contributed by atoms with E-state index in [1.807, 2.05) is 12.1 Å². The van der Waals surface area contributed by atoms with Gasteiger partial charge in [-0.2, -0.15) is 0 Å². The molecule has 1 heterocycles. The first-order chi connectivity index (χ1) is 10.2. The molecule has 3 nitrogen and oxygen atoms in total. The summed E-state index contributed by atoms with van der Waals surface area (Å²) in [6.45, 7) is 1.85. The van der Waals surface area contributed by atoms with Gasteiger partial charge in [0.05, 0.1) is 5.56 Å². The highest BCUT2D eigenvalue weighted by molar-refractivity contribution is 9.10. The molecule has 0 fully saturated rings. The molecule has 0 saturated heterocycles. The van der Waals surface area contributed by atoms with Gasteiger partial charge in [-0.25, -0.2) is 0 Å². The zero-order chi connectivity index (χ0) is 14.8. The van der Waals surface area contributed by atoms with Crippen molar-refractivity contribution in [2.45, 2.75) is 19.4 Å². The molecule has 1 aliphatic rings. The molecule has 3 N–H and O–H groups in total. The Hall–Kier alpha value is -1.81. The summed E-state index contributed by atoms with van der Waals surface area (Å²) in [6, 6.07) is 14.6. The molecule has 0 aliphatic carbocycles. The van der Waals surface area contributed by atoms with E-state index in [4.69, 9.17) is 11.1 Å². The lowest BCUT2D eigenvalue weighted by molar-refractivity contribution is 0.765. The minimum absolute atomic E-state index is 0.106. The fourth-order valence-electron chi connectivity index (χ4n) is 2.95. The van der Waals surface area contributed by atoms with E-state index >= 15 is 0 Å². The van der Waals surface area contributed by atoms with Crippen LogP contribution >= 0.6 is 15.9 Å². The molecule has 0 saturated carbocycles. The molecule has 0 bridgehead atoms. The molecule has 3 rings (SSSR count). The summed E-state index contributed by atoms with van der Waals surface area (Å²) >= 11 is 3.52. The number of hydrogen-bond acceptors (Lipinski definition) is 2. The maximum Gasteiger partial charge on any atom is 0.126 e. The van der Waals surface area contributed by atoms with Crippen molar-refractivity contribution in [2.24, 2.45) is 5.73 Å². The normalized spacial score (nSPS) is 14.4. The summed E-state index contributed by atoms with van der Waals surface area (Å²) in [6.07, 6.45) is 2.22. The van der Waals surface area contributed by atoms with Crippen LogP contribution in [0.4, 0.5) is 5.69 Å². The lowest BCUT2D eigenvalue weighted by atomic mass is 10.0. The maximum atomic E-state index is 7.86. The smallest absolute Gasteiger partial charge is 0.126 e. The van der Waals surface area contributed by atoms with Crippen LogP contribution in [0.15, 0.2) is 46.9 Å². The molecule has 2 aromatic carbocycles. The number of anilines is 1. The molecule has 0 spiro atoms. The van der Waals surface area contributed by atoms with E-state index in [2.05, 4.69) is 51.2 Å². The fourth-order valence-corrected chi connectivity index (χ4v) is 3.52. The summed E-state index contributed by atoms with van der Waals surface area (Å²) < 4.78 is 0.880. The number of hydrogen-bond donors (Lipinski definition) is 2. The summed E-state index contributed by atoms with van der Waals surface area (Å²) in [5, 5.41) is 7.86. The molecule has 0 unspecified atom stereocenters. The molecule has 4 heteroatoms. The quantitative estimate of drug-likeness (QED) is 0.645. The van der Waals surface area contributed by atoms with Gasteiger partial charge in [-0.1, -0.05) is 30.3 Å². The SMILES string of the molecule is N=C(N)c1c(Br)cccc1N1CCCc2ccccc2C1. The lowest BCUT2D eigenvalue weighted by Gasteiger charge is -2.26. The lowest BCUT2D eigenvalue weighted by Crippen LogP contribution is -2.26. The van der Waals surface area contributed by atoms with Crippen LogP contribution < -0.4 is 10.6 Å². The third kappa shape index (κ3) is 2.81. The zero-order valence-electron chi connectivity index (χ0n) is 11.8. The van der Waals surface area contributed by atoms with Gasteiger partial charge in [0.1, 0.15) is 5.84 Å². The number of amidine groups is 1. The van der Waals surface area contributed by atoms with E-state index in [0.717, 1.165) is 41.7 Å². The van der Waals surface area contributed by atoms with Crippen molar-refractivity contribution in [3.63, 3.8) is 0 Å². The third-order valence-electron chi connectivity index (χ3n) is 3.96. The van der Waals surface area contributed by atoms with Crippen LogP contribution in [-0.4, -0.2) is 12.4 Å². The molecule has 0 amide bonds. The second-order valence-corrected chi connectivity index (χ2v) is 6.20. The number of aryl methyl sites for hydroxylation is 1. The molecule has 0 aromatic heterocycles. The number of benzene rings is 2. The summed E-state index contributed by atoms with van der Waals surface area (Å²) in [5.41, 5.74) is 10.4. The Labute approximate surface area is 133 Å². The van der Waals surface area contributed by atoms with Crippen LogP contribution in [0.5, 0.6) is 0 Å². The number of nitrogens with one attached hydrogen (secondary N) is 1. The Balaban J connectivity index is 2.02. The van der Waals surface area contributed by atoms with Crippen molar-refractivity contribution in [3.8, 4) is 0 Å². The highest BCUT2D eigenvalue weighted by Crippen LogP contribution is 2.30. The standard InChI is InChI=1S/C17H18BrN3/c18-14-8-3-9-15(16(14)17(19)20)21-10-4-7-12-5-1-2-6-13(12)11-21/h1-3,5-6,8-9H,4,7,10-11H2,(H3,19,20). The van der Waals surface area contributed by atoms with Crippen LogP contribution in [-0.2, 0) is 13.0 Å². The van der Waals surface area contributed by atoms with Crippen LogP contribution in [0.25, 0.3) is 0 Å². The minimum Gasteiger partial charge on any atom is -0.384 e. The second-order valence-electron chi connectivity index (χ2n) is 5.34. The van der Waals surface area contributed by atoms with Gasteiger partial charge in [-0.3, -0.25) is 5.41 Å². The Morgan fingerprint density at radius 2 is 1.86 bits per heavy atom. The van der Waals surface area contributed by atoms with Gasteiger partial charge in [0, 0.05) is 23.2 Å². The second kappa shape index (κ2) is 5.90. The van der Waals surface area contributed by atoms with E-state index in [0.29, 0.717) is 0 Å². The van der Waals surface area contributed by atoms with Crippen LogP contribution in [0.1, 0.15) is 23.1 Å². The molecule has 21 heavy (non-hydrogen) atoms. The monoisotopic (exact) mass is 343 g/mol. The number of nitrogen functional groups attached to an aromatic ring is 1. The van der Waals surface area contributed by atoms with Crippen LogP contribution in [0, 0.1) is 5.41 Å². The van der Waals surface area contributed by atoms with E-state index in [-0.39, 0.29) is 5.84 Å². The van der Waals surface area contributed by atoms with Crippen molar-refractivity contribution in [1.82, 2.24) is 0 Å². The van der Waals surface area contributed by atoms with E-state index in [9.17, 15) is 0 Å². The first-order valence-electron chi connectivity index (χ1n) is 7.11. The van der Waals surface area contributed by atoms with Gasteiger partial charge in [0.25, 0.3) is 0 Å². The molecule has 0 atom stereocenters. The van der Waals surface area contributed by atoms with E-state index < -0.39 is 0 Å². The number of rotatable bonds is 2. The topological polar surface area (TPSA) is 53.1 Å². The van der Waals surface area contributed by atoms with Gasteiger partial charge < -0.3 is 10.6 Å². The van der Waals surface area contributed by atoms with Crippen molar-refractivity contribution < 1.29 is 0 Å². The molecule has 108 valence electrons. The average Bonchev–Trinajstić information content (AvgIpc) is 2.68. The van der Waals surface area contributed by atoms with Crippen LogP contribution in [0.2, 0.25) is 0 Å². The molecular weight excluding hydrogens is 326 g/mol. The van der Waals surface area contributed by atoms with Gasteiger partial charge in [-0.05, 0) is 52.0 Å². The first-order valence-corrected chi connectivity index (χ1v) is 7.91. The van der Waals surface area contributed by atoms with Gasteiger partial charge in [0.2, 0.25) is 0 Å². The Morgan fingerprint density at radius 3 is 2.62 bits per heavy atom. The van der Waals surface area contributed by atoms with Crippen molar-refractivity contribution >= 4 is 27.5 Å². The summed E-state index contributed by atoms with van der Waals surface area (Å²) in [5.74, 6) is 0.106. The number of halogens is 1. The first kappa shape index (κ1) is 14.1. The van der Waals surface area contributed by atoms with E-state index in [1.165, 1.54) is 11.1 Å². The Morgan fingerprint density at radius 1 is 1.10 bits per heavy atom. The van der Waals surface area contributed by atoms with Crippen molar-refractivity contribution in [3.05, 3.63) is 63.6 Å². The highest BCUT2D eigenvalue weighted by atomic mass is 79.9. The van der Waals surface area contributed by atoms with Gasteiger partial charge in [-0.15, -0.1) is 0 Å². The number of nitrogens with two attached hydrogens (primary N) is 1. The Bertz CT molecular complexity index is 681. The molecule has 1 aliphatic heterocycles. The summed E-state index contributed by atoms with van der Waals surface area (Å²) in [7, 11) is 0. The average molecular weight is 344 g/mol. The van der Waals surface area contributed by atoms with Crippen LogP contribution in [0.3, 0.4) is 0 Å². The number of nitrogens with zero attached hydrogens (tertiary/aromatic N) is 1. The Kier molecular flexibility index (Phi) is 3.97. The zero-order valence-corrected chi connectivity index (χ0v) is 13.4. The molecular formula is C17H18BrN3. The van der Waals surface area contributed by atoms with Gasteiger partial charge >= 0.3 is 0 Å². The van der Waals surface area contributed by atoms with E-state index in [1.54, 1.807) is 0 Å². The molecule has 2 aromatic rings. The predicted molar refractivity (Wildman–Crippen MR) is 91.0 cm³/mol. The largest absolute Gasteiger partial charge is 0.384 e. The number of fused-ring (bicyclic) bond motifs is 1. The van der Waals surface area contributed by atoms with Crippen molar-refractivity contribution in [1.29, 1.82) is 5.41 Å². The minimum atomic E-state index is 0.106. The van der Waals surface area contributed by atoms with Gasteiger partial charge in [0.15, 0.2) is 0 Å². The predicted octanol–water partition coefficient (Wildman–Crippen LogP) is 3.69. The fraction of sp³-hybridized carbons (Fsp3) is 0.235.